The van der Waals surface area contributed by atoms with E-state index in [1.54, 1.807) is 4.68 Å². The lowest BCUT2D eigenvalue weighted by molar-refractivity contribution is 0.701. The Kier molecular flexibility index (Phi) is 3.82. The molecule has 3 aromatic rings. The van der Waals surface area contributed by atoms with E-state index in [1.807, 2.05) is 60.7 Å². The zero-order valence-electron chi connectivity index (χ0n) is 11.9. The lowest BCUT2D eigenvalue weighted by atomic mass is 10.2. The number of anilines is 2. The predicted octanol–water partition coefficient (Wildman–Crippen LogP) is 3.51. The van der Waals surface area contributed by atoms with E-state index < -0.39 is 0 Å². The maximum absolute atomic E-state index is 6.08. The van der Waals surface area contributed by atoms with Gasteiger partial charge in [0.25, 0.3) is 0 Å². The maximum Gasteiger partial charge on any atom is 0.175 e. The van der Waals surface area contributed by atoms with Gasteiger partial charge in [-0.1, -0.05) is 48.5 Å². The summed E-state index contributed by atoms with van der Waals surface area (Å²) < 4.78 is 1.63. The largest absolute Gasteiger partial charge is 0.382 e. The van der Waals surface area contributed by atoms with Crippen LogP contribution in [0.1, 0.15) is 5.56 Å². The average molecular weight is 292 g/mol. The summed E-state index contributed by atoms with van der Waals surface area (Å²) in [6, 6.07) is 19.3. The monoisotopic (exact) mass is 292 g/mol. The highest BCUT2D eigenvalue weighted by Crippen LogP contribution is 2.31. The molecule has 2 aromatic carbocycles. The van der Waals surface area contributed by atoms with Crippen molar-refractivity contribution in [2.45, 2.75) is 6.54 Å². The second-order valence-electron chi connectivity index (χ2n) is 4.80. The molecule has 0 saturated heterocycles. The summed E-state index contributed by atoms with van der Waals surface area (Å²) in [5.74, 6) is 0.675. The van der Waals surface area contributed by atoms with Crippen LogP contribution in [0.25, 0.3) is 0 Å². The zero-order valence-corrected chi connectivity index (χ0v) is 11.9. The van der Waals surface area contributed by atoms with Gasteiger partial charge in [-0.3, -0.25) is 0 Å². The van der Waals surface area contributed by atoms with Crippen molar-refractivity contribution >= 4 is 23.0 Å². The molecule has 0 fully saturated rings. The molecule has 0 spiro atoms. The molecule has 0 unspecified atom stereocenters. The highest BCUT2D eigenvalue weighted by molar-refractivity contribution is 5.71. The minimum absolute atomic E-state index is 0.271. The second kappa shape index (κ2) is 6.09. The Bertz CT molecular complexity index is 777. The number of hydrogen-bond acceptors (Lipinski definition) is 5. The Hall–Kier alpha value is -3.15. The fourth-order valence-corrected chi connectivity index (χ4v) is 2.07. The Labute approximate surface area is 128 Å². The van der Waals surface area contributed by atoms with Gasteiger partial charge in [0.1, 0.15) is 0 Å². The van der Waals surface area contributed by atoms with Gasteiger partial charge in [-0.05, 0) is 17.7 Å². The fraction of sp³-hybridized carbons (Fsp3) is 0.0625. The van der Waals surface area contributed by atoms with E-state index in [9.17, 15) is 0 Å². The molecule has 110 valence electrons. The van der Waals surface area contributed by atoms with Gasteiger partial charge in [0.15, 0.2) is 17.3 Å². The second-order valence-corrected chi connectivity index (χ2v) is 4.80. The molecule has 0 atom stereocenters. The first-order chi connectivity index (χ1) is 10.7. The first kappa shape index (κ1) is 13.8. The summed E-state index contributed by atoms with van der Waals surface area (Å²) in [6.45, 7) is 0.539. The van der Waals surface area contributed by atoms with Gasteiger partial charge in [0.05, 0.1) is 12.2 Å². The number of benzene rings is 2. The maximum atomic E-state index is 6.08. The molecule has 0 aliphatic rings. The van der Waals surface area contributed by atoms with Crippen LogP contribution in [-0.4, -0.2) is 9.78 Å². The molecule has 1 heterocycles. The van der Waals surface area contributed by atoms with Crippen LogP contribution >= 0.6 is 0 Å². The van der Waals surface area contributed by atoms with E-state index in [0.29, 0.717) is 18.1 Å². The third kappa shape index (κ3) is 2.95. The van der Waals surface area contributed by atoms with Crippen LogP contribution in [0.15, 0.2) is 70.9 Å². The van der Waals surface area contributed by atoms with Gasteiger partial charge in [-0.2, -0.15) is 10.2 Å². The smallest absolute Gasteiger partial charge is 0.175 e. The van der Waals surface area contributed by atoms with E-state index in [-0.39, 0.29) is 5.82 Å². The molecule has 22 heavy (non-hydrogen) atoms. The molecule has 0 saturated carbocycles. The summed E-state index contributed by atoms with van der Waals surface area (Å²) in [6.07, 6.45) is 0. The number of azo groups is 1. The first-order valence-electron chi connectivity index (χ1n) is 6.86. The number of aromatic nitrogens is 2. The van der Waals surface area contributed by atoms with Crippen molar-refractivity contribution in [3.05, 3.63) is 66.2 Å². The summed E-state index contributed by atoms with van der Waals surface area (Å²) in [5.41, 5.74) is 14.2. The van der Waals surface area contributed by atoms with Crippen molar-refractivity contribution in [1.29, 1.82) is 0 Å². The Balaban J connectivity index is 1.86. The number of nitrogens with two attached hydrogens (primary N) is 2. The van der Waals surface area contributed by atoms with Crippen molar-refractivity contribution < 1.29 is 0 Å². The summed E-state index contributed by atoms with van der Waals surface area (Å²) in [7, 11) is 0. The number of nitrogens with zero attached hydrogens (tertiary/aromatic N) is 4. The molecule has 0 aliphatic carbocycles. The Morgan fingerprint density at radius 2 is 1.50 bits per heavy atom. The van der Waals surface area contributed by atoms with Gasteiger partial charge in [-0.15, -0.1) is 5.11 Å². The molecule has 0 amide bonds. The van der Waals surface area contributed by atoms with Crippen LogP contribution in [0, 0.1) is 0 Å². The van der Waals surface area contributed by atoms with Gasteiger partial charge >= 0.3 is 0 Å². The molecule has 1 aromatic heterocycles. The minimum atomic E-state index is 0.271. The van der Waals surface area contributed by atoms with Crippen LogP contribution in [0.4, 0.5) is 23.0 Å². The number of hydrogen-bond donors (Lipinski definition) is 2. The van der Waals surface area contributed by atoms with Gasteiger partial charge < -0.3 is 11.5 Å². The predicted molar refractivity (Wildman–Crippen MR) is 87.2 cm³/mol. The molecular weight excluding hydrogens is 276 g/mol. The summed E-state index contributed by atoms with van der Waals surface area (Å²) in [4.78, 5) is 0. The van der Waals surface area contributed by atoms with Gasteiger partial charge in [0.2, 0.25) is 0 Å². The number of nitrogen functional groups attached to an aromatic ring is 2. The van der Waals surface area contributed by atoms with Gasteiger partial charge in [-0.25, -0.2) is 4.68 Å². The molecule has 6 nitrogen and oxygen atoms in total. The Morgan fingerprint density at radius 3 is 2.18 bits per heavy atom. The van der Waals surface area contributed by atoms with E-state index in [0.717, 1.165) is 11.3 Å². The highest BCUT2D eigenvalue weighted by atomic mass is 15.4. The van der Waals surface area contributed by atoms with Crippen LogP contribution in [0.3, 0.4) is 0 Å². The first-order valence-corrected chi connectivity index (χ1v) is 6.86. The van der Waals surface area contributed by atoms with Crippen molar-refractivity contribution in [3.8, 4) is 0 Å². The van der Waals surface area contributed by atoms with Crippen molar-refractivity contribution in [3.63, 3.8) is 0 Å². The normalized spacial score (nSPS) is 11.1. The zero-order chi connectivity index (χ0) is 15.4. The average Bonchev–Trinajstić information content (AvgIpc) is 2.81. The van der Waals surface area contributed by atoms with Crippen molar-refractivity contribution in [1.82, 2.24) is 9.78 Å². The lowest BCUT2D eigenvalue weighted by Gasteiger charge is -2.03. The topological polar surface area (TPSA) is 94.6 Å². The molecule has 0 bridgehead atoms. The van der Waals surface area contributed by atoms with Crippen molar-refractivity contribution in [2.24, 2.45) is 10.2 Å². The van der Waals surface area contributed by atoms with Gasteiger partial charge in [0, 0.05) is 0 Å². The highest BCUT2D eigenvalue weighted by Gasteiger charge is 2.13. The Morgan fingerprint density at radius 1 is 0.864 bits per heavy atom. The number of rotatable bonds is 4. The third-order valence-electron chi connectivity index (χ3n) is 3.19. The molecule has 4 N–H and O–H groups in total. The fourth-order valence-electron chi connectivity index (χ4n) is 2.07. The van der Waals surface area contributed by atoms with Crippen LogP contribution in [0.5, 0.6) is 0 Å². The molecular formula is C16H16N6. The minimum Gasteiger partial charge on any atom is -0.382 e. The molecule has 0 radical (unpaired) electrons. The van der Waals surface area contributed by atoms with Crippen LogP contribution in [0.2, 0.25) is 0 Å². The van der Waals surface area contributed by atoms with E-state index in [2.05, 4.69) is 15.3 Å². The quantitative estimate of drug-likeness (QED) is 0.720. The summed E-state index contributed by atoms with van der Waals surface area (Å²) >= 11 is 0. The van der Waals surface area contributed by atoms with E-state index in [4.69, 9.17) is 11.5 Å². The SMILES string of the molecule is Nc1nn(Cc2ccccc2)c(N)c1/N=N/c1ccccc1. The third-order valence-corrected chi connectivity index (χ3v) is 3.19. The standard InChI is InChI=1S/C16H16N6/c17-15-14(20-19-13-9-5-2-6-10-13)16(18)22(21-15)11-12-7-3-1-4-8-12/h1-10H,11,18H2,(H2,17,21)/b20-19+. The van der Waals surface area contributed by atoms with Crippen LogP contribution in [-0.2, 0) is 6.54 Å². The molecule has 0 aliphatic heterocycles. The van der Waals surface area contributed by atoms with Crippen molar-refractivity contribution in [2.75, 3.05) is 11.5 Å². The lowest BCUT2D eigenvalue weighted by Crippen LogP contribution is -2.05. The van der Waals surface area contributed by atoms with E-state index in [1.165, 1.54) is 0 Å². The van der Waals surface area contributed by atoms with E-state index >= 15 is 0 Å². The molecule has 6 heteroatoms. The summed E-state index contributed by atoms with van der Waals surface area (Å²) in [5, 5.41) is 12.5. The van der Waals surface area contributed by atoms with Crippen LogP contribution < -0.4 is 11.5 Å². The molecule has 3 rings (SSSR count).